The maximum absolute atomic E-state index is 12.4. The van der Waals surface area contributed by atoms with Crippen molar-refractivity contribution in [1.82, 2.24) is 19.8 Å². The Morgan fingerprint density at radius 3 is 2.32 bits per heavy atom. The summed E-state index contributed by atoms with van der Waals surface area (Å²) in [5.74, 6) is 0.628. The highest BCUT2D eigenvalue weighted by Crippen LogP contribution is 2.22. The number of imidazole rings is 1. The molecule has 0 radical (unpaired) electrons. The Labute approximate surface area is 164 Å². The summed E-state index contributed by atoms with van der Waals surface area (Å²) in [6, 6.07) is 15.3. The molecule has 0 saturated carbocycles. The van der Waals surface area contributed by atoms with Gasteiger partial charge in [0.1, 0.15) is 5.82 Å². The minimum absolute atomic E-state index is 0.187. The lowest BCUT2D eigenvalue weighted by atomic mass is 10.1. The minimum Gasteiger partial charge on any atom is -0.327 e. The van der Waals surface area contributed by atoms with E-state index in [0.717, 1.165) is 36.4 Å². The molecule has 0 bridgehead atoms. The van der Waals surface area contributed by atoms with Gasteiger partial charge in [-0.2, -0.15) is 0 Å². The van der Waals surface area contributed by atoms with Crippen LogP contribution in [0.5, 0.6) is 0 Å². The quantitative estimate of drug-likeness (QED) is 0.644. The van der Waals surface area contributed by atoms with E-state index in [1.54, 1.807) is 24.3 Å². The van der Waals surface area contributed by atoms with E-state index < -0.39 is 0 Å². The number of imide groups is 1. The van der Waals surface area contributed by atoms with Gasteiger partial charge in [-0.1, -0.05) is 24.3 Å². The number of hydrogen-bond donors (Lipinski definition) is 1. The van der Waals surface area contributed by atoms with Crippen LogP contribution in [-0.2, 0) is 6.54 Å². The highest BCUT2D eigenvalue weighted by atomic mass is 16.2. The van der Waals surface area contributed by atoms with E-state index in [1.807, 2.05) is 25.1 Å². The Hall–Kier alpha value is -2.99. The van der Waals surface area contributed by atoms with Crippen LogP contribution in [-0.4, -0.2) is 45.4 Å². The van der Waals surface area contributed by atoms with Gasteiger partial charge in [-0.15, -0.1) is 0 Å². The Kier molecular flexibility index (Phi) is 4.96. The van der Waals surface area contributed by atoms with E-state index in [4.69, 9.17) is 0 Å². The van der Waals surface area contributed by atoms with Crippen molar-refractivity contribution in [1.29, 1.82) is 0 Å². The molecule has 6 heteroatoms. The lowest BCUT2D eigenvalue weighted by molar-refractivity contribution is 0.0649. The summed E-state index contributed by atoms with van der Waals surface area (Å²) < 4.78 is 2.21. The number of fused-ring (bicyclic) bond motifs is 2. The average molecular weight is 376 g/mol. The zero-order chi connectivity index (χ0) is 19.7. The fourth-order valence-corrected chi connectivity index (χ4v) is 3.77. The van der Waals surface area contributed by atoms with Crippen molar-refractivity contribution in [3.8, 4) is 0 Å². The molecule has 0 fully saturated rings. The van der Waals surface area contributed by atoms with Crippen molar-refractivity contribution in [2.75, 3.05) is 13.1 Å². The summed E-state index contributed by atoms with van der Waals surface area (Å²) in [5.41, 5.74) is 3.17. The molecule has 1 aliphatic heterocycles. The van der Waals surface area contributed by atoms with Crippen molar-refractivity contribution in [3.05, 3.63) is 65.5 Å². The second kappa shape index (κ2) is 7.56. The van der Waals surface area contributed by atoms with Crippen LogP contribution in [0.3, 0.4) is 0 Å². The fourth-order valence-electron chi connectivity index (χ4n) is 3.77. The molecule has 1 atom stereocenters. The summed E-state index contributed by atoms with van der Waals surface area (Å²) in [6.07, 6.45) is 0.717. The molecule has 1 unspecified atom stereocenters. The second-order valence-electron chi connectivity index (χ2n) is 7.25. The number of aryl methyl sites for hydroxylation is 1. The first-order chi connectivity index (χ1) is 13.6. The summed E-state index contributed by atoms with van der Waals surface area (Å²) in [6.45, 7) is 6.14. The van der Waals surface area contributed by atoms with E-state index in [9.17, 15) is 9.59 Å². The van der Waals surface area contributed by atoms with E-state index in [1.165, 1.54) is 4.90 Å². The predicted octanol–water partition coefficient (Wildman–Crippen LogP) is 3.01. The van der Waals surface area contributed by atoms with Crippen molar-refractivity contribution in [2.45, 2.75) is 32.9 Å². The Morgan fingerprint density at radius 2 is 1.61 bits per heavy atom. The van der Waals surface area contributed by atoms with Crippen LogP contribution in [0.25, 0.3) is 11.0 Å². The number of carbonyl (C=O) groups excluding carboxylic acids is 2. The summed E-state index contributed by atoms with van der Waals surface area (Å²) in [5, 5.41) is 3.49. The molecular formula is C22H24N4O2. The number of amides is 2. The van der Waals surface area contributed by atoms with Crippen molar-refractivity contribution < 1.29 is 9.59 Å². The normalized spacial score (nSPS) is 14.7. The van der Waals surface area contributed by atoms with Crippen LogP contribution in [0.4, 0.5) is 0 Å². The smallest absolute Gasteiger partial charge is 0.261 e. The Morgan fingerprint density at radius 1 is 0.964 bits per heavy atom. The van der Waals surface area contributed by atoms with Crippen molar-refractivity contribution in [2.24, 2.45) is 0 Å². The highest BCUT2D eigenvalue weighted by molar-refractivity contribution is 6.21. The summed E-state index contributed by atoms with van der Waals surface area (Å²) >= 11 is 0. The molecule has 1 aromatic heterocycles. The molecule has 0 spiro atoms. The van der Waals surface area contributed by atoms with Gasteiger partial charge >= 0.3 is 0 Å². The first-order valence-electron chi connectivity index (χ1n) is 9.66. The van der Waals surface area contributed by atoms with Crippen LogP contribution in [0.1, 0.15) is 39.9 Å². The molecule has 0 aliphatic carbocycles. The number of aromatic nitrogens is 2. The van der Waals surface area contributed by atoms with Gasteiger partial charge in [0, 0.05) is 25.7 Å². The van der Waals surface area contributed by atoms with Crippen molar-refractivity contribution in [3.63, 3.8) is 0 Å². The van der Waals surface area contributed by atoms with Gasteiger partial charge in [-0.3, -0.25) is 14.5 Å². The number of nitrogens with zero attached hydrogens (tertiary/aromatic N) is 3. The van der Waals surface area contributed by atoms with Gasteiger partial charge in [0.05, 0.1) is 22.2 Å². The topological polar surface area (TPSA) is 67.2 Å². The molecule has 2 amide bonds. The zero-order valence-corrected chi connectivity index (χ0v) is 16.2. The van der Waals surface area contributed by atoms with Gasteiger partial charge < -0.3 is 9.88 Å². The average Bonchev–Trinajstić information content (AvgIpc) is 3.15. The number of carbonyl (C=O) groups is 2. The van der Waals surface area contributed by atoms with Crippen LogP contribution in [0.15, 0.2) is 48.5 Å². The molecule has 6 nitrogen and oxygen atoms in total. The zero-order valence-electron chi connectivity index (χ0n) is 16.2. The third-order valence-corrected chi connectivity index (χ3v) is 5.34. The Balaban J connectivity index is 1.30. The van der Waals surface area contributed by atoms with E-state index in [0.29, 0.717) is 17.7 Å². The summed E-state index contributed by atoms with van der Waals surface area (Å²) in [4.78, 5) is 30.8. The van der Waals surface area contributed by atoms with Crippen molar-refractivity contribution >= 4 is 22.8 Å². The standard InChI is InChI=1S/C22H24N4O2/c1-15(11-13-26-21(27)17-7-3-4-8-18(17)22(26)28)23-12-14-25-16(2)24-19-9-5-6-10-20(19)25/h3-10,15,23H,11-14H2,1-2H3. The SMILES string of the molecule is Cc1nc2ccccc2n1CCNC(C)CCN1C(=O)c2ccccc2C1=O. The molecule has 1 aliphatic rings. The van der Waals surface area contributed by atoms with Gasteiger partial charge in [0.2, 0.25) is 0 Å². The van der Waals surface area contributed by atoms with Gasteiger partial charge in [0.15, 0.2) is 0 Å². The number of hydrogen-bond acceptors (Lipinski definition) is 4. The maximum atomic E-state index is 12.4. The van der Waals surface area contributed by atoms with Gasteiger partial charge in [-0.25, -0.2) is 4.98 Å². The van der Waals surface area contributed by atoms with Gasteiger partial charge in [0.25, 0.3) is 11.8 Å². The Bertz CT molecular complexity index is 1000. The van der Waals surface area contributed by atoms with Crippen LogP contribution in [0.2, 0.25) is 0 Å². The number of benzene rings is 2. The van der Waals surface area contributed by atoms with E-state index >= 15 is 0 Å². The van der Waals surface area contributed by atoms with Crippen LogP contribution >= 0.6 is 0 Å². The molecule has 0 saturated heterocycles. The summed E-state index contributed by atoms with van der Waals surface area (Å²) in [7, 11) is 0. The lowest BCUT2D eigenvalue weighted by Crippen LogP contribution is -2.36. The molecule has 4 rings (SSSR count). The number of para-hydroxylation sites is 2. The molecular weight excluding hydrogens is 352 g/mol. The third-order valence-electron chi connectivity index (χ3n) is 5.34. The fraction of sp³-hybridized carbons (Fsp3) is 0.318. The number of nitrogens with one attached hydrogen (secondary N) is 1. The van der Waals surface area contributed by atoms with Crippen LogP contribution < -0.4 is 5.32 Å². The third kappa shape index (κ3) is 3.31. The first-order valence-corrected chi connectivity index (χ1v) is 9.66. The maximum Gasteiger partial charge on any atom is 0.261 e. The molecule has 3 aromatic rings. The highest BCUT2D eigenvalue weighted by Gasteiger charge is 2.34. The predicted molar refractivity (Wildman–Crippen MR) is 108 cm³/mol. The molecule has 28 heavy (non-hydrogen) atoms. The number of rotatable bonds is 7. The van der Waals surface area contributed by atoms with E-state index in [-0.39, 0.29) is 17.9 Å². The lowest BCUT2D eigenvalue weighted by Gasteiger charge is -2.19. The monoisotopic (exact) mass is 376 g/mol. The molecule has 2 aromatic carbocycles. The molecule has 1 N–H and O–H groups in total. The van der Waals surface area contributed by atoms with Crippen LogP contribution in [0, 0.1) is 6.92 Å². The van der Waals surface area contributed by atoms with Gasteiger partial charge in [-0.05, 0) is 44.5 Å². The minimum atomic E-state index is -0.187. The molecule has 144 valence electrons. The molecule has 2 heterocycles. The largest absolute Gasteiger partial charge is 0.327 e. The second-order valence-corrected chi connectivity index (χ2v) is 7.25. The van der Waals surface area contributed by atoms with E-state index in [2.05, 4.69) is 27.9 Å². The first kappa shape index (κ1) is 18.4.